The van der Waals surface area contributed by atoms with Crippen molar-refractivity contribution in [1.82, 2.24) is 14.9 Å². The molecule has 1 atom stereocenters. The Labute approximate surface area is 103 Å². The molecule has 2 rings (SSSR count). The number of imidazole rings is 1. The highest BCUT2D eigenvalue weighted by atomic mass is 16.5. The molecular formula is C13H23N3O. The number of hydrogen-bond acceptors (Lipinski definition) is 3. The molecule has 4 nitrogen and oxygen atoms in total. The van der Waals surface area contributed by atoms with Crippen molar-refractivity contribution in [3.63, 3.8) is 0 Å². The summed E-state index contributed by atoms with van der Waals surface area (Å²) in [6.07, 6.45) is 7.68. The molecule has 1 unspecified atom stereocenters. The summed E-state index contributed by atoms with van der Waals surface area (Å²) in [7, 11) is 1.96. The largest absolute Gasteiger partial charge is 0.370 e. The lowest BCUT2D eigenvalue weighted by molar-refractivity contribution is -0.0217. The van der Waals surface area contributed by atoms with Crippen LogP contribution in [0.4, 0.5) is 0 Å². The highest BCUT2D eigenvalue weighted by Gasteiger charge is 2.31. The quantitative estimate of drug-likeness (QED) is 0.845. The fraction of sp³-hybridized carbons (Fsp3) is 0.769. The maximum Gasteiger partial charge on any atom is 0.0950 e. The Morgan fingerprint density at radius 3 is 3.06 bits per heavy atom. The molecule has 0 radical (unpaired) electrons. The maximum atomic E-state index is 5.98. The van der Waals surface area contributed by atoms with E-state index in [1.54, 1.807) is 0 Å². The number of nitrogens with zero attached hydrogens (tertiary/aromatic N) is 2. The van der Waals surface area contributed by atoms with Crippen LogP contribution in [0.5, 0.6) is 0 Å². The second kappa shape index (κ2) is 5.19. The number of ether oxygens (including phenoxy) is 1. The van der Waals surface area contributed by atoms with Crippen molar-refractivity contribution in [2.75, 3.05) is 13.6 Å². The fourth-order valence-electron chi connectivity index (χ4n) is 2.33. The van der Waals surface area contributed by atoms with Crippen molar-refractivity contribution in [3.8, 4) is 0 Å². The van der Waals surface area contributed by atoms with Gasteiger partial charge in [0.15, 0.2) is 0 Å². The van der Waals surface area contributed by atoms with Crippen LogP contribution in [0, 0.1) is 0 Å². The molecule has 0 aliphatic carbocycles. The van der Waals surface area contributed by atoms with Gasteiger partial charge in [0.1, 0.15) is 0 Å². The van der Waals surface area contributed by atoms with Crippen molar-refractivity contribution < 1.29 is 4.74 Å². The van der Waals surface area contributed by atoms with Gasteiger partial charge in [-0.2, -0.15) is 0 Å². The Balaban J connectivity index is 1.85. The topological polar surface area (TPSA) is 39.1 Å². The molecule has 1 aliphatic heterocycles. The van der Waals surface area contributed by atoms with Crippen LogP contribution in [-0.4, -0.2) is 34.8 Å². The van der Waals surface area contributed by atoms with Crippen molar-refractivity contribution in [3.05, 3.63) is 18.2 Å². The molecule has 0 bridgehead atoms. The van der Waals surface area contributed by atoms with Gasteiger partial charge in [0, 0.05) is 25.7 Å². The SMILES string of the molecule is CNCCc1cn(CC2CCC(C)(C)O2)cn1. The summed E-state index contributed by atoms with van der Waals surface area (Å²) in [4.78, 5) is 4.40. The minimum atomic E-state index is 0.0558. The summed E-state index contributed by atoms with van der Waals surface area (Å²) < 4.78 is 8.13. The normalized spacial score (nSPS) is 23.1. The van der Waals surface area contributed by atoms with Gasteiger partial charge in [-0.15, -0.1) is 0 Å². The molecule has 0 aromatic carbocycles. The second-order valence-corrected chi connectivity index (χ2v) is 5.45. The molecule has 1 aromatic heterocycles. The van der Waals surface area contributed by atoms with Crippen molar-refractivity contribution in [2.45, 2.75) is 51.4 Å². The smallest absolute Gasteiger partial charge is 0.0950 e. The first-order valence-electron chi connectivity index (χ1n) is 6.42. The zero-order valence-corrected chi connectivity index (χ0v) is 11.1. The molecule has 17 heavy (non-hydrogen) atoms. The minimum Gasteiger partial charge on any atom is -0.370 e. The molecule has 1 saturated heterocycles. The van der Waals surface area contributed by atoms with Crippen LogP contribution in [0.15, 0.2) is 12.5 Å². The average Bonchev–Trinajstić information content (AvgIpc) is 2.83. The summed E-state index contributed by atoms with van der Waals surface area (Å²) >= 11 is 0. The molecule has 0 amide bonds. The van der Waals surface area contributed by atoms with Crippen LogP contribution in [-0.2, 0) is 17.7 Å². The highest BCUT2D eigenvalue weighted by Crippen LogP contribution is 2.30. The summed E-state index contributed by atoms with van der Waals surface area (Å²) in [5, 5.41) is 3.14. The van der Waals surface area contributed by atoms with Gasteiger partial charge in [-0.05, 0) is 33.7 Å². The second-order valence-electron chi connectivity index (χ2n) is 5.45. The fourth-order valence-corrected chi connectivity index (χ4v) is 2.33. The van der Waals surface area contributed by atoms with E-state index in [-0.39, 0.29) is 5.60 Å². The van der Waals surface area contributed by atoms with Gasteiger partial charge in [0.05, 0.1) is 23.7 Å². The molecule has 1 aliphatic rings. The Bertz CT molecular complexity index is 359. The summed E-state index contributed by atoms with van der Waals surface area (Å²) in [5.74, 6) is 0. The third kappa shape index (κ3) is 3.54. The molecule has 0 saturated carbocycles. The molecule has 1 fully saturated rings. The standard InChI is InChI=1S/C13H23N3O/c1-13(2)6-4-12(17-13)9-16-8-11(15-10-16)5-7-14-3/h8,10,12,14H,4-7,9H2,1-3H3. The Kier molecular flexibility index (Phi) is 3.84. The molecule has 1 aromatic rings. The third-order valence-corrected chi connectivity index (χ3v) is 3.29. The van der Waals surface area contributed by atoms with E-state index in [9.17, 15) is 0 Å². The number of rotatable bonds is 5. The van der Waals surface area contributed by atoms with Crippen LogP contribution in [0.1, 0.15) is 32.4 Å². The predicted octanol–water partition coefficient (Wildman–Crippen LogP) is 1.60. The van der Waals surface area contributed by atoms with E-state index in [1.165, 1.54) is 0 Å². The van der Waals surface area contributed by atoms with Crippen LogP contribution in [0.3, 0.4) is 0 Å². The number of aromatic nitrogens is 2. The van der Waals surface area contributed by atoms with Crippen LogP contribution in [0.25, 0.3) is 0 Å². The molecule has 4 heteroatoms. The third-order valence-electron chi connectivity index (χ3n) is 3.29. The van der Waals surface area contributed by atoms with E-state index in [2.05, 4.69) is 34.9 Å². The zero-order valence-electron chi connectivity index (χ0n) is 11.1. The van der Waals surface area contributed by atoms with Crippen LogP contribution in [0.2, 0.25) is 0 Å². The molecule has 2 heterocycles. The molecule has 0 spiro atoms. The highest BCUT2D eigenvalue weighted by molar-refractivity contribution is 4.98. The van der Waals surface area contributed by atoms with E-state index >= 15 is 0 Å². The maximum absolute atomic E-state index is 5.98. The van der Waals surface area contributed by atoms with Crippen LogP contribution >= 0.6 is 0 Å². The zero-order chi connectivity index (χ0) is 12.3. The van der Waals surface area contributed by atoms with E-state index in [4.69, 9.17) is 4.74 Å². The first-order valence-corrected chi connectivity index (χ1v) is 6.42. The lowest BCUT2D eigenvalue weighted by Gasteiger charge is -2.19. The first kappa shape index (κ1) is 12.6. The summed E-state index contributed by atoms with van der Waals surface area (Å²) in [5.41, 5.74) is 1.21. The minimum absolute atomic E-state index is 0.0558. The van der Waals surface area contributed by atoms with Gasteiger partial charge >= 0.3 is 0 Å². The Morgan fingerprint density at radius 2 is 2.41 bits per heavy atom. The lowest BCUT2D eigenvalue weighted by atomic mass is 10.1. The average molecular weight is 237 g/mol. The first-order chi connectivity index (χ1) is 8.09. The predicted molar refractivity (Wildman–Crippen MR) is 68.0 cm³/mol. The van der Waals surface area contributed by atoms with Gasteiger partial charge in [-0.1, -0.05) is 0 Å². The monoisotopic (exact) mass is 237 g/mol. The summed E-state index contributed by atoms with van der Waals surface area (Å²) in [6.45, 7) is 6.23. The Morgan fingerprint density at radius 1 is 1.59 bits per heavy atom. The van der Waals surface area contributed by atoms with E-state index in [0.29, 0.717) is 6.10 Å². The number of likely N-dealkylation sites (N-methyl/N-ethyl adjacent to an activating group) is 1. The van der Waals surface area contributed by atoms with E-state index in [1.807, 2.05) is 13.4 Å². The van der Waals surface area contributed by atoms with Crippen molar-refractivity contribution >= 4 is 0 Å². The van der Waals surface area contributed by atoms with Crippen molar-refractivity contribution in [1.29, 1.82) is 0 Å². The molecule has 1 N–H and O–H groups in total. The van der Waals surface area contributed by atoms with E-state index in [0.717, 1.165) is 38.0 Å². The van der Waals surface area contributed by atoms with Gasteiger partial charge in [0.2, 0.25) is 0 Å². The Hall–Kier alpha value is -0.870. The lowest BCUT2D eigenvalue weighted by Crippen LogP contribution is -2.22. The summed E-state index contributed by atoms with van der Waals surface area (Å²) in [6, 6.07) is 0. The van der Waals surface area contributed by atoms with Gasteiger partial charge in [-0.25, -0.2) is 4.98 Å². The van der Waals surface area contributed by atoms with Crippen molar-refractivity contribution in [2.24, 2.45) is 0 Å². The number of hydrogen-bond donors (Lipinski definition) is 1. The van der Waals surface area contributed by atoms with Crippen LogP contribution < -0.4 is 5.32 Å². The van der Waals surface area contributed by atoms with E-state index < -0.39 is 0 Å². The van der Waals surface area contributed by atoms with Gasteiger partial charge in [0.25, 0.3) is 0 Å². The van der Waals surface area contributed by atoms with Gasteiger partial charge in [-0.3, -0.25) is 0 Å². The molecular weight excluding hydrogens is 214 g/mol. The number of nitrogens with one attached hydrogen (secondary N) is 1. The van der Waals surface area contributed by atoms with Gasteiger partial charge < -0.3 is 14.6 Å². The molecule has 96 valence electrons.